The lowest BCUT2D eigenvalue weighted by Crippen LogP contribution is -2.23. The number of aliphatic hydroxyl groups is 2. The Bertz CT molecular complexity index is 683. The molecule has 0 fully saturated rings. The summed E-state index contributed by atoms with van der Waals surface area (Å²) in [6.45, 7) is -0.481. The van der Waals surface area contributed by atoms with E-state index in [0.717, 1.165) is 0 Å². The van der Waals surface area contributed by atoms with Crippen molar-refractivity contribution in [1.29, 1.82) is 0 Å². The van der Waals surface area contributed by atoms with Crippen LogP contribution in [-0.2, 0) is 0 Å². The quantitative estimate of drug-likeness (QED) is 0.543. The number of benzene rings is 1. The second-order valence-electron chi connectivity index (χ2n) is 4.37. The average molecular weight is 325 g/mol. The van der Waals surface area contributed by atoms with Gasteiger partial charge in [-0.3, -0.25) is 15.1 Å². The number of nitrogens with zero attached hydrogens (tertiary/aromatic N) is 3. The van der Waals surface area contributed by atoms with Crippen molar-refractivity contribution in [1.82, 2.24) is 9.97 Å². The van der Waals surface area contributed by atoms with Crippen molar-refractivity contribution < 1.29 is 15.1 Å². The van der Waals surface area contributed by atoms with Gasteiger partial charge in [0.25, 0.3) is 0 Å². The highest BCUT2D eigenvalue weighted by Crippen LogP contribution is 2.37. The highest BCUT2D eigenvalue weighted by molar-refractivity contribution is 6.31. The third-order valence-corrected chi connectivity index (χ3v) is 3.14. The van der Waals surface area contributed by atoms with Gasteiger partial charge in [0.2, 0.25) is 0 Å². The Morgan fingerprint density at radius 3 is 2.73 bits per heavy atom. The first-order chi connectivity index (χ1) is 10.5. The molecule has 0 spiro atoms. The van der Waals surface area contributed by atoms with Crippen molar-refractivity contribution in [3.05, 3.63) is 45.9 Å². The van der Waals surface area contributed by atoms with Crippen molar-refractivity contribution in [3.8, 4) is 11.3 Å². The lowest BCUT2D eigenvalue weighted by Gasteiger charge is -2.12. The van der Waals surface area contributed by atoms with Crippen LogP contribution in [0.25, 0.3) is 11.3 Å². The van der Waals surface area contributed by atoms with Gasteiger partial charge in [0, 0.05) is 18.9 Å². The minimum atomic E-state index is -1.02. The molecule has 8 nitrogen and oxygen atoms in total. The van der Waals surface area contributed by atoms with Crippen LogP contribution in [-0.4, -0.2) is 44.4 Å². The molecular weight excluding hydrogens is 312 g/mol. The van der Waals surface area contributed by atoms with Crippen LogP contribution in [0.1, 0.15) is 0 Å². The fourth-order valence-corrected chi connectivity index (χ4v) is 2.07. The average Bonchev–Trinajstić information content (AvgIpc) is 2.52. The fourth-order valence-electron chi connectivity index (χ4n) is 1.87. The minimum absolute atomic E-state index is 0.0327. The van der Waals surface area contributed by atoms with E-state index < -0.39 is 17.6 Å². The molecule has 1 aromatic heterocycles. The van der Waals surface area contributed by atoms with E-state index in [1.807, 2.05) is 0 Å². The number of para-hydroxylation sites is 1. The van der Waals surface area contributed by atoms with Gasteiger partial charge in [-0.15, -0.1) is 0 Å². The third-order valence-electron chi connectivity index (χ3n) is 2.87. The van der Waals surface area contributed by atoms with Gasteiger partial charge < -0.3 is 15.5 Å². The molecule has 0 aliphatic heterocycles. The maximum Gasteiger partial charge on any atom is 0.301 e. The van der Waals surface area contributed by atoms with Gasteiger partial charge in [0.1, 0.15) is 11.4 Å². The Kier molecular flexibility index (Phi) is 5.21. The Balaban J connectivity index is 2.47. The second kappa shape index (κ2) is 7.12. The molecule has 1 aromatic carbocycles. The molecular formula is C13H13ClN4O4. The third kappa shape index (κ3) is 3.48. The first-order valence-corrected chi connectivity index (χ1v) is 6.69. The summed E-state index contributed by atoms with van der Waals surface area (Å²) in [4.78, 5) is 18.7. The Labute approximate surface area is 130 Å². The number of aliphatic hydroxyl groups excluding tert-OH is 2. The number of nitro groups is 1. The Morgan fingerprint density at radius 2 is 2.09 bits per heavy atom. The van der Waals surface area contributed by atoms with Crippen LogP contribution in [0.3, 0.4) is 0 Å². The number of aromatic nitrogens is 2. The smallest absolute Gasteiger partial charge is 0.301 e. The standard InChI is InChI=1S/C13H13ClN4O4/c14-13-11(15-4-5-16-13)9-2-1-3-10(12(9)18(21)22)17-6-8(20)7-19/h1-5,8,17,19-20H,6-7H2. The molecule has 116 valence electrons. The van der Waals surface area contributed by atoms with Crippen molar-refractivity contribution in [2.24, 2.45) is 0 Å². The van der Waals surface area contributed by atoms with Gasteiger partial charge in [-0.2, -0.15) is 0 Å². The number of rotatable bonds is 6. The topological polar surface area (TPSA) is 121 Å². The predicted octanol–water partition coefficient (Wildman–Crippen LogP) is 1.47. The second-order valence-corrected chi connectivity index (χ2v) is 4.73. The largest absolute Gasteiger partial charge is 0.394 e. The molecule has 0 saturated heterocycles. The van der Waals surface area contributed by atoms with Crippen molar-refractivity contribution >= 4 is 23.0 Å². The molecule has 1 atom stereocenters. The van der Waals surface area contributed by atoms with Crippen LogP contribution in [0.4, 0.5) is 11.4 Å². The van der Waals surface area contributed by atoms with E-state index in [4.69, 9.17) is 16.7 Å². The van der Waals surface area contributed by atoms with Crippen molar-refractivity contribution in [3.63, 3.8) is 0 Å². The molecule has 0 amide bonds. The first kappa shape index (κ1) is 16.1. The van der Waals surface area contributed by atoms with Crippen LogP contribution in [0.2, 0.25) is 5.15 Å². The van der Waals surface area contributed by atoms with E-state index in [1.54, 1.807) is 6.07 Å². The monoisotopic (exact) mass is 324 g/mol. The molecule has 9 heteroatoms. The summed E-state index contributed by atoms with van der Waals surface area (Å²) in [7, 11) is 0. The summed E-state index contributed by atoms with van der Waals surface area (Å²) in [5, 5.41) is 32.3. The van der Waals surface area contributed by atoms with Crippen molar-refractivity contribution in [2.45, 2.75) is 6.10 Å². The summed E-state index contributed by atoms with van der Waals surface area (Å²) in [5.41, 5.74) is 0.376. The maximum atomic E-state index is 11.4. The van der Waals surface area contributed by atoms with Crippen LogP contribution in [0, 0.1) is 10.1 Å². The van der Waals surface area contributed by atoms with Gasteiger partial charge >= 0.3 is 5.69 Å². The zero-order chi connectivity index (χ0) is 16.1. The predicted molar refractivity (Wildman–Crippen MR) is 80.7 cm³/mol. The van der Waals surface area contributed by atoms with Crippen molar-refractivity contribution in [2.75, 3.05) is 18.5 Å². The number of halogens is 1. The zero-order valence-electron chi connectivity index (χ0n) is 11.3. The Hall–Kier alpha value is -2.29. The molecule has 0 saturated carbocycles. The molecule has 0 bridgehead atoms. The summed E-state index contributed by atoms with van der Waals surface area (Å²) in [5.74, 6) is 0. The van der Waals surface area contributed by atoms with E-state index in [0.29, 0.717) is 0 Å². The van der Waals surface area contributed by atoms with Gasteiger partial charge in [-0.25, -0.2) is 4.98 Å². The lowest BCUT2D eigenvalue weighted by atomic mass is 10.1. The first-order valence-electron chi connectivity index (χ1n) is 6.31. The highest BCUT2D eigenvalue weighted by atomic mass is 35.5. The minimum Gasteiger partial charge on any atom is -0.394 e. The van der Waals surface area contributed by atoms with Crippen LogP contribution in [0.5, 0.6) is 0 Å². The van der Waals surface area contributed by atoms with E-state index >= 15 is 0 Å². The van der Waals surface area contributed by atoms with E-state index in [9.17, 15) is 15.2 Å². The lowest BCUT2D eigenvalue weighted by molar-refractivity contribution is -0.383. The number of nitrogens with one attached hydrogen (secondary N) is 1. The summed E-state index contributed by atoms with van der Waals surface area (Å²) in [6, 6.07) is 4.61. The van der Waals surface area contributed by atoms with Gasteiger partial charge in [-0.05, 0) is 12.1 Å². The summed E-state index contributed by atoms with van der Waals surface area (Å²) in [6.07, 6.45) is 1.75. The molecule has 2 rings (SSSR count). The highest BCUT2D eigenvalue weighted by Gasteiger charge is 2.23. The molecule has 1 unspecified atom stereocenters. The van der Waals surface area contributed by atoms with Gasteiger partial charge in [-0.1, -0.05) is 17.7 Å². The molecule has 22 heavy (non-hydrogen) atoms. The molecule has 2 aromatic rings. The molecule has 3 N–H and O–H groups in total. The van der Waals surface area contributed by atoms with Crippen LogP contribution in [0.15, 0.2) is 30.6 Å². The molecule has 0 radical (unpaired) electrons. The van der Waals surface area contributed by atoms with Gasteiger partial charge in [0.05, 0.1) is 23.2 Å². The van der Waals surface area contributed by atoms with E-state index in [1.165, 1.54) is 24.5 Å². The van der Waals surface area contributed by atoms with Gasteiger partial charge in [0.15, 0.2) is 5.15 Å². The summed E-state index contributed by atoms with van der Waals surface area (Å²) < 4.78 is 0. The maximum absolute atomic E-state index is 11.4. The van der Waals surface area contributed by atoms with E-state index in [2.05, 4.69) is 15.3 Å². The van der Waals surface area contributed by atoms with Crippen LogP contribution < -0.4 is 5.32 Å². The molecule has 1 heterocycles. The molecule has 0 aliphatic rings. The SMILES string of the molecule is O=[N+]([O-])c1c(NCC(O)CO)cccc1-c1nccnc1Cl. The zero-order valence-corrected chi connectivity index (χ0v) is 12.1. The normalized spacial score (nSPS) is 12.0. The number of hydrogen-bond donors (Lipinski definition) is 3. The van der Waals surface area contributed by atoms with E-state index in [-0.39, 0.29) is 34.3 Å². The Morgan fingerprint density at radius 1 is 1.36 bits per heavy atom. The van der Waals surface area contributed by atoms with Crippen LogP contribution >= 0.6 is 11.6 Å². The number of nitro benzene ring substituents is 1. The number of anilines is 1. The fraction of sp³-hybridized carbons (Fsp3) is 0.231. The summed E-state index contributed by atoms with van der Waals surface area (Å²) >= 11 is 5.95. The number of hydrogen-bond acceptors (Lipinski definition) is 7. The molecule has 0 aliphatic carbocycles.